The highest BCUT2D eigenvalue weighted by atomic mass is 32.2. The van der Waals surface area contributed by atoms with E-state index in [4.69, 9.17) is 5.14 Å². The van der Waals surface area contributed by atoms with Crippen molar-refractivity contribution in [3.63, 3.8) is 0 Å². The first kappa shape index (κ1) is 22.4. The van der Waals surface area contributed by atoms with Crippen molar-refractivity contribution in [1.29, 1.82) is 0 Å². The Bertz CT molecular complexity index is 765. The van der Waals surface area contributed by atoms with E-state index in [2.05, 4.69) is 11.9 Å². The third-order valence-electron chi connectivity index (χ3n) is 5.12. The van der Waals surface area contributed by atoms with Crippen LogP contribution in [0.25, 0.3) is 0 Å². The van der Waals surface area contributed by atoms with Crippen molar-refractivity contribution in [2.45, 2.75) is 55.6 Å². The van der Waals surface area contributed by atoms with E-state index in [0.29, 0.717) is 13.0 Å². The van der Waals surface area contributed by atoms with Crippen LogP contribution in [0.3, 0.4) is 0 Å². The molecule has 0 aliphatic heterocycles. The summed E-state index contributed by atoms with van der Waals surface area (Å²) in [4.78, 5) is 14.6. The molecule has 2 atom stereocenters. The number of benzene rings is 1. The number of nitrogens with one attached hydrogen (secondary N) is 1. The quantitative estimate of drug-likeness (QED) is 0.361. The molecule has 1 aromatic carbocycles. The first-order chi connectivity index (χ1) is 13.2. The van der Waals surface area contributed by atoms with Gasteiger partial charge in [0.2, 0.25) is 10.0 Å². The summed E-state index contributed by atoms with van der Waals surface area (Å²) in [6.45, 7) is 4.45. The van der Waals surface area contributed by atoms with Crippen LogP contribution in [0.2, 0.25) is 0 Å². The van der Waals surface area contributed by atoms with Crippen LogP contribution >= 0.6 is 0 Å². The van der Waals surface area contributed by atoms with E-state index in [-0.39, 0.29) is 29.6 Å². The van der Waals surface area contributed by atoms with Crippen molar-refractivity contribution in [3.05, 3.63) is 42.5 Å². The highest BCUT2D eigenvalue weighted by molar-refractivity contribution is 7.89. The Labute approximate surface area is 167 Å². The number of hydrogen-bond acceptors (Lipinski definition) is 5. The molecular weight excluding hydrogens is 380 g/mol. The van der Waals surface area contributed by atoms with Gasteiger partial charge in [0.25, 0.3) is 0 Å². The minimum Gasteiger partial charge on any atom is -0.334 e. The lowest BCUT2D eigenvalue weighted by atomic mass is 10.0. The van der Waals surface area contributed by atoms with Crippen LogP contribution in [-0.4, -0.2) is 55.3 Å². The van der Waals surface area contributed by atoms with Gasteiger partial charge in [0, 0.05) is 32.2 Å². The molecule has 28 heavy (non-hydrogen) atoms. The highest BCUT2D eigenvalue weighted by Gasteiger charge is 2.29. The van der Waals surface area contributed by atoms with Gasteiger partial charge in [-0.05, 0) is 37.0 Å². The Morgan fingerprint density at radius 2 is 1.89 bits per heavy atom. The maximum Gasteiger partial charge on any atom is 0.318 e. The van der Waals surface area contributed by atoms with Gasteiger partial charge in [-0.15, -0.1) is 6.58 Å². The van der Waals surface area contributed by atoms with Crippen molar-refractivity contribution >= 4 is 16.1 Å². The molecule has 8 nitrogen and oxygen atoms in total. The number of carbonyl (C=O) groups excluding carboxylic acids is 1. The van der Waals surface area contributed by atoms with Gasteiger partial charge in [0.05, 0.1) is 4.90 Å². The average Bonchev–Trinajstić information content (AvgIpc) is 2.90. The summed E-state index contributed by atoms with van der Waals surface area (Å²) in [5.41, 5.74) is 0.771. The van der Waals surface area contributed by atoms with Gasteiger partial charge < -0.3 is 15.4 Å². The normalized spacial score (nSPS) is 20.4. The molecule has 0 aromatic heterocycles. The lowest BCUT2D eigenvalue weighted by Crippen LogP contribution is -2.48. The largest absolute Gasteiger partial charge is 0.334 e. The van der Waals surface area contributed by atoms with Crippen molar-refractivity contribution in [2.75, 3.05) is 13.6 Å². The summed E-state index contributed by atoms with van der Waals surface area (Å²) in [6, 6.07) is 5.93. The van der Waals surface area contributed by atoms with Crippen LogP contribution in [0.1, 0.15) is 37.7 Å². The third-order valence-corrected chi connectivity index (χ3v) is 6.05. The standard InChI is InChI=1S/C19H30N4O4S/c1-3-12-23(17-7-5-4-6-16(13-17)22(2)25)19(24)21-14-15-8-10-18(11-9-15)28(20,26)27/h3,8-11,16-17,25H,1,4-7,12-14H2,2H3,(H,21,24)(H2,20,26,27). The second-order valence-corrected chi connectivity index (χ2v) is 8.75. The lowest BCUT2D eigenvalue weighted by molar-refractivity contribution is -0.109. The molecule has 9 heteroatoms. The number of sulfonamides is 1. The minimum absolute atomic E-state index is 0.0184. The molecule has 1 aliphatic rings. The number of primary sulfonamides is 1. The number of nitrogens with two attached hydrogens (primary N) is 1. The van der Waals surface area contributed by atoms with Crippen LogP contribution in [0.4, 0.5) is 4.79 Å². The Morgan fingerprint density at radius 1 is 1.29 bits per heavy atom. The Kier molecular flexibility index (Phi) is 7.99. The molecule has 0 radical (unpaired) electrons. The van der Waals surface area contributed by atoms with E-state index in [1.165, 1.54) is 17.2 Å². The summed E-state index contributed by atoms with van der Waals surface area (Å²) < 4.78 is 22.6. The second kappa shape index (κ2) is 10.0. The summed E-state index contributed by atoms with van der Waals surface area (Å²) in [5, 5.41) is 19.1. The zero-order valence-electron chi connectivity index (χ0n) is 16.3. The number of carbonyl (C=O) groups is 1. The highest BCUT2D eigenvalue weighted by Crippen LogP contribution is 2.25. The Hall–Kier alpha value is -1.94. The maximum absolute atomic E-state index is 12.8. The van der Waals surface area contributed by atoms with E-state index >= 15 is 0 Å². The fourth-order valence-corrected chi connectivity index (χ4v) is 4.06. The number of rotatable bonds is 7. The smallest absolute Gasteiger partial charge is 0.318 e. The van der Waals surface area contributed by atoms with Crippen molar-refractivity contribution in [2.24, 2.45) is 5.14 Å². The zero-order chi connectivity index (χ0) is 20.7. The first-order valence-corrected chi connectivity index (χ1v) is 11.0. The molecule has 4 N–H and O–H groups in total. The van der Waals surface area contributed by atoms with E-state index < -0.39 is 10.0 Å². The predicted octanol–water partition coefficient (Wildman–Crippen LogP) is 2.05. The SMILES string of the molecule is C=CCN(C(=O)NCc1ccc(S(N)(=O)=O)cc1)C1CCCCC(N(C)O)C1. The average molecular weight is 411 g/mol. The van der Waals surface area contributed by atoms with Gasteiger partial charge in [0.15, 0.2) is 0 Å². The molecule has 1 saturated carbocycles. The lowest BCUT2D eigenvalue weighted by Gasteiger charge is -2.33. The molecule has 0 bridgehead atoms. The van der Waals surface area contributed by atoms with Gasteiger partial charge in [-0.2, -0.15) is 5.06 Å². The fraction of sp³-hybridized carbons (Fsp3) is 0.526. The van der Waals surface area contributed by atoms with Gasteiger partial charge in [-0.1, -0.05) is 31.1 Å². The monoisotopic (exact) mass is 410 g/mol. The van der Waals surface area contributed by atoms with Crippen molar-refractivity contribution in [3.8, 4) is 0 Å². The molecule has 1 aliphatic carbocycles. The number of hydroxylamine groups is 2. The second-order valence-electron chi connectivity index (χ2n) is 7.19. The Morgan fingerprint density at radius 3 is 2.43 bits per heavy atom. The maximum atomic E-state index is 12.8. The molecule has 0 spiro atoms. The zero-order valence-corrected chi connectivity index (χ0v) is 17.1. The first-order valence-electron chi connectivity index (χ1n) is 9.41. The molecule has 2 amide bonds. The van der Waals surface area contributed by atoms with E-state index in [1.54, 1.807) is 30.2 Å². The van der Waals surface area contributed by atoms with Crippen molar-refractivity contribution < 1.29 is 18.4 Å². The van der Waals surface area contributed by atoms with Crippen LogP contribution in [0.15, 0.2) is 41.8 Å². The van der Waals surface area contributed by atoms with E-state index in [0.717, 1.165) is 31.2 Å². The minimum atomic E-state index is -3.73. The fourth-order valence-electron chi connectivity index (χ4n) is 3.55. The predicted molar refractivity (Wildman–Crippen MR) is 107 cm³/mol. The van der Waals surface area contributed by atoms with Crippen LogP contribution in [0, 0.1) is 0 Å². The molecule has 0 heterocycles. The van der Waals surface area contributed by atoms with Crippen LogP contribution in [0.5, 0.6) is 0 Å². The molecule has 2 unspecified atom stereocenters. The van der Waals surface area contributed by atoms with Gasteiger partial charge >= 0.3 is 6.03 Å². The summed E-state index contributed by atoms with van der Waals surface area (Å²) >= 11 is 0. The van der Waals surface area contributed by atoms with E-state index in [1.807, 2.05) is 0 Å². The molecule has 2 rings (SSSR count). The topological polar surface area (TPSA) is 116 Å². The number of urea groups is 1. The number of nitrogens with zero attached hydrogens (tertiary/aromatic N) is 2. The molecule has 156 valence electrons. The number of amides is 2. The van der Waals surface area contributed by atoms with Gasteiger partial charge in [0.1, 0.15) is 0 Å². The molecule has 0 saturated heterocycles. The Balaban J connectivity index is 2.02. The van der Waals surface area contributed by atoms with E-state index in [9.17, 15) is 18.4 Å². The molecule has 1 aromatic rings. The van der Waals surface area contributed by atoms with Gasteiger partial charge in [-0.3, -0.25) is 0 Å². The third kappa shape index (κ3) is 6.30. The summed E-state index contributed by atoms with van der Waals surface area (Å²) in [6.07, 6.45) is 6.22. The summed E-state index contributed by atoms with van der Waals surface area (Å²) in [5.74, 6) is 0. The van der Waals surface area contributed by atoms with Crippen LogP contribution < -0.4 is 10.5 Å². The van der Waals surface area contributed by atoms with Crippen LogP contribution in [-0.2, 0) is 16.6 Å². The summed E-state index contributed by atoms with van der Waals surface area (Å²) in [7, 11) is -2.08. The molecule has 1 fully saturated rings. The van der Waals surface area contributed by atoms with Crippen molar-refractivity contribution in [1.82, 2.24) is 15.3 Å². The van der Waals surface area contributed by atoms with Gasteiger partial charge in [-0.25, -0.2) is 18.4 Å². The molecular formula is C19H30N4O4S. The number of hydrogen-bond donors (Lipinski definition) is 3.